The first kappa shape index (κ1) is 12.9. The first-order chi connectivity index (χ1) is 8.30. The molecule has 1 fully saturated rings. The number of nitrogens with zero attached hydrogens (tertiary/aromatic N) is 1. The van der Waals surface area contributed by atoms with Crippen molar-refractivity contribution in [2.24, 2.45) is 0 Å². The Labute approximate surface area is 111 Å². The maximum Gasteiger partial charge on any atom is 0.102 e. The van der Waals surface area contributed by atoms with E-state index in [9.17, 15) is 0 Å². The van der Waals surface area contributed by atoms with Crippen molar-refractivity contribution in [2.45, 2.75) is 17.5 Å². The van der Waals surface area contributed by atoms with Gasteiger partial charge in [-0.1, -0.05) is 34.1 Å². The van der Waals surface area contributed by atoms with Crippen LogP contribution in [0.25, 0.3) is 0 Å². The molecule has 1 aromatic carbocycles. The molecule has 0 N–H and O–H groups in total. The lowest BCUT2D eigenvalue weighted by molar-refractivity contribution is -0.00461. The zero-order valence-electron chi connectivity index (χ0n) is 10.2. The van der Waals surface area contributed by atoms with Crippen molar-refractivity contribution in [3.05, 3.63) is 29.8 Å². The van der Waals surface area contributed by atoms with Crippen LogP contribution in [0.5, 0.6) is 0 Å². The minimum atomic E-state index is 0.156. The fourth-order valence-electron chi connectivity index (χ4n) is 2.33. The predicted octanol–water partition coefficient (Wildman–Crippen LogP) is 2.43. The summed E-state index contributed by atoms with van der Waals surface area (Å²) in [6.07, 6.45) is 0.312. The number of hydrogen-bond acceptors (Lipinski definition) is 3. The Morgan fingerprint density at radius 3 is 2.29 bits per heavy atom. The van der Waals surface area contributed by atoms with Crippen LogP contribution in [0.2, 0.25) is 0 Å². The normalized spacial score (nSPS) is 24.3. The lowest BCUT2D eigenvalue weighted by atomic mass is 10.2. The average molecular weight is 300 g/mol. The maximum absolute atomic E-state index is 5.46. The zero-order chi connectivity index (χ0) is 12.3. The number of para-hydroxylation sites is 1. The van der Waals surface area contributed by atoms with Crippen LogP contribution in [0.3, 0.4) is 0 Å². The Kier molecular flexibility index (Phi) is 4.42. The van der Waals surface area contributed by atoms with Crippen molar-refractivity contribution >= 4 is 21.6 Å². The number of hydrogen-bond donors (Lipinski definition) is 0. The van der Waals surface area contributed by atoms with Crippen molar-refractivity contribution in [3.63, 3.8) is 0 Å². The van der Waals surface area contributed by atoms with E-state index in [-0.39, 0.29) is 12.2 Å². The van der Waals surface area contributed by atoms with Gasteiger partial charge in [-0.25, -0.2) is 0 Å². The molecule has 17 heavy (non-hydrogen) atoms. The molecule has 1 aliphatic heterocycles. The number of ether oxygens (including phenoxy) is 2. The Hall–Kier alpha value is -0.580. The fraction of sp³-hybridized carbons (Fsp3) is 0.538. The molecule has 2 atom stereocenters. The molecule has 3 nitrogen and oxygen atoms in total. The molecule has 0 aromatic heterocycles. The summed E-state index contributed by atoms with van der Waals surface area (Å²) >= 11 is 3.53. The van der Waals surface area contributed by atoms with E-state index in [1.165, 1.54) is 11.3 Å². The molecule has 0 saturated carbocycles. The minimum absolute atomic E-state index is 0.156. The van der Waals surface area contributed by atoms with Crippen molar-refractivity contribution in [2.75, 3.05) is 32.2 Å². The summed E-state index contributed by atoms with van der Waals surface area (Å²) in [5.41, 5.74) is 2.57. The first-order valence-electron chi connectivity index (χ1n) is 5.74. The SMILES string of the molecule is COC1CN(c2ccccc2CBr)CC1OC. The smallest absolute Gasteiger partial charge is 0.102 e. The highest BCUT2D eigenvalue weighted by atomic mass is 79.9. The minimum Gasteiger partial charge on any atom is -0.377 e. The van der Waals surface area contributed by atoms with Crippen LogP contribution in [0.15, 0.2) is 24.3 Å². The second-order valence-corrected chi connectivity index (χ2v) is 4.78. The Balaban J connectivity index is 2.18. The quantitative estimate of drug-likeness (QED) is 0.797. The van der Waals surface area contributed by atoms with Crippen LogP contribution in [0.4, 0.5) is 5.69 Å². The lowest BCUT2D eigenvalue weighted by Gasteiger charge is -2.20. The molecule has 4 heteroatoms. The summed E-state index contributed by atoms with van der Waals surface area (Å²) in [7, 11) is 3.49. The van der Waals surface area contributed by atoms with Crippen molar-refractivity contribution < 1.29 is 9.47 Å². The monoisotopic (exact) mass is 299 g/mol. The van der Waals surface area contributed by atoms with E-state index in [0.717, 1.165) is 18.4 Å². The second-order valence-electron chi connectivity index (χ2n) is 4.22. The maximum atomic E-state index is 5.46. The van der Waals surface area contributed by atoms with Crippen molar-refractivity contribution in [1.82, 2.24) is 0 Å². The predicted molar refractivity (Wildman–Crippen MR) is 72.9 cm³/mol. The third kappa shape index (κ3) is 2.64. The summed E-state index contributed by atoms with van der Waals surface area (Å²) in [6.45, 7) is 1.78. The lowest BCUT2D eigenvalue weighted by Crippen LogP contribution is -2.27. The van der Waals surface area contributed by atoms with Gasteiger partial charge in [0.1, 0.15) is 12.2 Å². The van der Waals surface area contributed by atoms with E-state index in [2.05, 4.69) is 45.1 Å². The van der Waals surface area contributed by atoms with Gasteiger partial charge in [0.25, 0.3) is 0 Å². The summed E-state index contributed by atoms with van der Waals surface area (Å²) in [5.74, 6) is 0. The molecule has 94 valence electrons. The molecule has 2 unspecified atom stereocenters. The topological polar surface area (TPSA) is 21.7 Å². The number of benzene rings is 1. The fourth-order valence-corrected chi connectivity index (χ4v) is 2.80. The summed E-state index contributed by atoms with van der Waals surface area (Å²) in [4.78, 5) is 2.33. The average Bonchev–Trinajstić information content (AvgIpc) is 2.81. The number of rotatable bonds is 4. The van der Waals surface area contributed by atoms with Crippen molar-refractivity contribution in [3.8, 4) is 0 Å². The largest absolute Gasteiger partial charge is 0.377 e. The van der Waals surface area contributed by atoms with E-state index in [4.69, 9.17) is 9.47 Å². The second kappa shape index (κ2) is 5.85. The zero-order valence-corrected chi connectivity index (χ0v) is 11.8. The van der Waals surface area contributed by atoms with Gasteiger partial charge in [0.2, 0.25) is 0 Å². The molecule has 0 amide bonds. The van der Waals surface area contributed by atoms with Crippen LogP contribution < -0.4 is 4.90 Å². The van der Waals surface area contributed by atoms with Crippen LogP contribution in [-0.2, 0) is 14.8 Å². The van der Waals surface area contributed by atoms with E-state index < -0.39 is 0 Å². The van der Waals surface area contributed by atoms with Gasteiger partial charge >= 0.3 is 0 Å². The van der Waals surface area contributed by atoms with Gasteiger partial charge in [0.05, 0.1) is 0 Å². The van der Waals surface area contributed by atoms with Gasteiger partial charge < -0.3 is 14.4 Å². The molecule has 1 heterocycles. The highest BCUT2D eigenvalue weighted by molar-refractivity contribution is 9.08. The molecule has 2 rings (SSSR count). The van der Waals surface area contributed by atoms with Gasteiger partial charge in [-0.2, -0.15) is 0 Å². The highest BCUT2D eigenvalue weighted by Gasteiger charge is 2.33. The summed E-state index contributed by atoms with van der Waals surface area (Å²) in [5, 5.41) is 0.870. The number of methoxy groups -OCH3 is 2. The number of alkyl halides is 1. The van der Waals surface area contributed by atoms with Gasteiger partial charge in [0, 0.05) is 38.3 Å². The number of halogens is 1. The van der Waals surface area contributed by atoms with Crippen LogP contribution in [0.1, 0.15) is 5.56 Å². The van der Waals surface area contributed by atoms with Crippen molar-refractivity contribution in [1.29, 1.82) is 0 Å². The molecule has 1 aliphatic rings. The third-order valence-corrected chi connectivity index (χ3v) is 3.90. The standard InChI is InChI=1S/C13H18BrNO2/c1-16-12-8-15(9-13(12)17-2)11-6-4-3-5-10(11)7-14/h3-6,12-13H,7-9H2,1-2H3. The Bertz CT molecular complexity index is 360. The molecule has 0 aliphatic carbocycles. The van der Waals surface area contributed by atoms with E-state index in [1.54, 1.807) is 14.2 Å². The molecule has 1 aromatic rings. The van der Waals surface area contributed by atoms with E-state index in [0.29, 0.717) is 0 Å². The molecule has 0 spiro atoms. The molecule has 0 bridgehead atoms. The Morgan fingerprint density at radius 1 is 1.18 bits per heavy atom. The Morgan fingerprint density at radius 2 is 1.76 bits per heavy atom. The highest BCUT2D eigenvalue weighted by Crippen LogP contribution is 2.27. The van der Waals surface area contributed by atoms with Gasteiger partial charge in [0.15, 0.2) is 0 Å². The van der Waals surface area contributed by atoms with Crippen LogP contribution >= 0.6 is 15.9 Å². The first-order valence-corrected chi connectivity index (χ1v) is 6.86. The van der Waals surface area contributed by atoms with Gasteiger partial charge in [-0.15, -0.1) is 0 Å². The van der Waals surface area contributed by atoms with Gasteiger partial charge in [-0.05, 0) is 11.6 Å². The summed E-state index contributed by atoms with van der Waals surface area (Å²) in [6, 6.07) is 8.44. The van der Waals surface area contributed by atoms with Crippen LogP contribution in [0, 0.1) is 0 Å². The van der Waals surface area contributed by atoms with E-state index in [1.807, 2.05) is 0 Å². The molecule has 0 radical (unpaired) electrons. The van der Waals surface area contributed by atoms with E-state index >= 15 is 0 Å². The van der Waals surface area contributed by atoms with Gasteiger partial charge in [-0.3, -0.25) is 0 Å². The third-order valence-electron chi connectivity index (χ3n) is 3.30. The molecular formula is C13H18BrNO2. The summed E-state index contributed by atoms with van der Waals surface area (Å²) < 4.78 is 10.9. The molecule has 1 saturated heterocycles. The molecular weight excluding hydrogens is 282 g/mol. The number of anilines is 1. The van der Waals surface area contributed by atoms with Crippen LogP contribution in [-0.4, -0.2) is 39.5 Å².